The average molecular weight is 175 g/mol. The van der Waals surface area contributed by atoms with E-state index in [0.29, 0.717) is 15.7 Å². The summed E-state index contributed by atoms with van der Waals surface area (Å²) in [6.45, 7) is 1.84. The van der Waals surface area contributed by atoms with Gasteiger partial charge in [0.25, 0.3) is 0 Å². The molecule has 0 unspecified atom stereocenters. The van der Waals surface area contributed by atoms with Gasteiger partial charge < -0.3 is 5.73 Å². The second-order valence-corrected chi connectivity index (χ2v) is 2.84. The van der Waals surface area contributed by atoms with Gasteiger partial charge in [0.05, 0.1) is 5.02 Å². The Balaban J connectivity index is 3.31. The summed E-state index contributed by atoms with van der Waals surface area (Å²) >= 11 is 9.77. The Bertz CT molecular complexity index is 239. The van der Waals surface area contributed by atoms with Gasteiger partial charge in [-0.25, -0.2) is 4.98 Å². The number of halogens is 1. The number of thiol groups is 1. The lowest BCUT2D eigenvalue weighted by molar-refractivity contribution is 1.17. The van der Waals surface area contributed by atoms with Gasteiger partial charge in [0.15, 0.2) is 0 Å². The van der Waals surface area contributed by atoms with Crippen LogP contribution in [0.1, 0.15) is 5.69 Å². The molecule has 0 saturated heterocycles. The van der Waals surface area contributed by atoms with Crippen molar-refractivity contribution in [3.63, 3.8) is 0 Å². The van der Waals surface area contributed by atoms with Crippen LogP contribution in [-0.2, 0) is 0 Å². The van der Waals surface area contributed by atoms with Crippen LogP contribution >= 0.6 is 24.2 Å². The molecule has 0 aliphatic heterocycles. The quantitative estimate of drug-likeness (QED) is 0.590. The van der Waals surface area contributed by atoms with Crippen LogP contribution in [0.4, 0.5) is 5.82 Å². The molecule has 1 aromatic rings. The fraction of sp³-hybridized carbons (Fsp3) is 0.167. The van der Waals surface area contributed by atoms with Crippen molar-refractivity contribution in [2.24, 2.45) is 0 Å². The highest BCUT2D eigenvalue weighted by Crippen LogP contribution is 2.24. The van der Waals surface area contributed by atoms with Crippen LogP contribution in [0.25, 0.3) is 0 Å². The molecule has 0 atom stereocenters. The summed E-state index contributed by atoms with van der Waals surface area (Å²) in [7, 11) is 0. The summed E-state index contributed by atoms with van der Waals surface area (Å²) in [5.74, 6) is 0.340. The Labute approximate surface area is 69.8 Å². The van der Waals surface area contributed by atoms with E-state index in [-0.39, 0.29) is 0 Å². The van der Waals surface area contributed by atoms with Crippen molar-refractivity contribution in [2.45, 2.75) is 11.8 Å². The zero-order valence-electron chi connectivity index (χ0n) is 5.43. The van der Waals surface area contributed by atoms with Gasteiger partial charge in [-0.05, 0) is 13.0 Å². The maximum Gasteiger partial charge on any atom is 0.143 e. The number of hydrogen-bond donors (Lipinski definition) is 2. The van der Waals surface area contributed by atoms with Crippen molar-refractivity contribution in [3.8, 4) is 0 Å². The molecule has 4 heteroatoms. The summed E-state index contributed by atoms with van der Waals surface area (Å²) in [4.78, 5) is 4.60. The summed E-state index contributed by atoms with van der Waals surface area (Å²) in [6, 6.07) is 1.77. The van der Waals surface area contributed by atoms with Crippen LogP contribution in [0, 0.1) is 6.92 Å². The first kappa shape index (κ1) is 7.69. The number of anilines is 1. The Morgan fingerprint density at radius 3 is 2.80 bits per heavy atom. The topological polar surface area (TPSA) is 38.9 Å². The molecule has 2 N–H and O–H groups in total. The second-order valence-electron chi connectivity index (χ2n) is 1.98. The molecule has 0 radical (unpaired) electrons. The van der Waals surface area contributed by atoms with Crippen molar-refractivity contribution in [2.75, 3.05) is 5.73 Å². The molecule has 1 heterocycles. The zero-order valence-corrected chi connectivity index (χ0v) is 7.08. The third-order valence-corrected chi connectivity index (χ3v) is 1.97. The van der Waals surface area contributed by atoms with E-state index in [1.54, 1.807) is 6.07 Å². The number of aryl methyl sites for hydroxylation is 1. The molecule has 0 aliphatic rings. The SMILES string of the molecule is Cc1cc(S)c(Cl)c(N)n1. The highest BCUT2D eigenvalue weighted by atomic mass is 35.5. The van der Waals surface area contributed by atoms with Crippen molar-refractivity contribution in [3.05, 3.63) is 16.8 Å². The van der Waals surface area contributed by atoms with E-state index in [1.807, 2.05) is 6.92 Å². The van der Waals surface area contributed by atoms with E-state index in [1.165, 1.54) is 0 Å². The Kier molecular flexibility index (Phi) is 2.06. The first-order valence-electron chi connectivity index (χ1n) is 2.73. The van der Waals surface area contributed by atoms with E-state index < -0.39 is 0 Å². The molecule has 10 heavy (non-hydrogen) atoms. The lowest BCUT2D eigenvalue weighted by Gasteiger charge is -2.00. The van der Waals surface area contributed by atoms with Gasteiger partial charge in [-0.3, -0.25) is 0 Å². The molecule has 0 aliphatic carbocycles. The molecule has 0 fully saturated rings. The lowest BCUT2D eigenvalue weighted by Crippen LogP contribution is -1.93. The average Bonchev–Trinajstić information content (AvgIpc) is 1.82. The Hall–Kier alpha value is -0.410. The number of nitrogen functional groups attached to an aromatic ring is 1. The molecule has 0 aromatic carbocycles. The standard InChI is InChI=1S/C6H7ClN2S/c1-3-2-4(10)5(7)6(8)9-3/h2H,1H3,(H3,8,9,10). The summed E-state index contributed by atoms with van der Waals surface area (Å²) in [5.41, 5.74) is 6.26. The normalized spacial score (nSPS) is 9.90. The van der Waals surface area contributed by atoms with Crippen molar-refractivity contribution < 1.29 is 0 Å². The fourth-order valence-electron chi connectivity index (χ4n) is 0.664. The lowest BCUT2D eigenvalue weighted by atomic mass is 10.4. The highest BCUT2D eigenvalue weighted by Gasteiger charge is 2.01. The van der Waals surface area contributed by atoms with Gasteiger partial charge in [0, 0.05) is 10.6 Å². The van der Waals surface area contributed by atoms with Crippen molar-refractivity contribution in [1.29, 1.82) is 0 Å². The molecule has 0 amide bonds. The van der Waals surface area contributed by atoms with E-state index >= 15 is 0 Å². The smallest absolute Gasteiger partial charge is 0.143 e. The van der Waals surface area contributed by atoms with Gasteiger partial charge in [0.1, 0.15) is 5.82 Å². The van der Waals surface area contributed by atoms with Crippen LogP contribution in [-0.4, -0.2) is 4.98 Å². The molecule has 2 nitrogen and oxygen atoms in total. The molecule has 1 rings (SSSR count). The van der Waals surface area contributed by atoms with E-state index in [2.05, 4.69) is 17.6 Å². The van der Waals surface area contributed by atoms with Crippen LogP contribution in [0.3, 0.4) is 0 Å². The van der Waals surface area contributed by atoms with E-state index in [0.717, 1.165) is 5.69 Å². The van der Waals surface area contributed by atoms with E-state index in [9.17, 15) is 0 Å². The Morgan fingerprint density at radius 2 is 2.30 bits per heavy atom. The predicted molar refractivity (Wildman–Crippen MR) is 45.6 cm³/mol. The number of nitrogens with two attached hydrogens (primary N) is 1. The zero-order chi connectivity index (χ0) is 7.72. The first-order chi connectivity index (χ1) is 4.61. The minimum atomic E-state index is 0.340. The maximum atomic E-state index is 5.69. The number of rotatable bonds is 0. The Morgan fingerprint density at radius 1 is 1.70 bits per heavy atom. The number of pyridine rings is 1. The van der Waals surface area contributed by atoms with Crippen LogP contribution in [0.2, 0.25) is 5.02 Å². The summed E-state index contributed by atoms with van der Waals surface area (Å²) < 4.78 is 0. The predicted octanol–water partition coefficient (Wildman–Crippen LogP) is 1.91. The van der Waals surface area contributed by atoms with Crippen LogP contribution in [0.15, 0.2) is 11.0 Å². The van der Waals surface area contributed by atoms with Gasteiger partial charge in [-0.15, -0.1) is 12.6 Å². The minimum Gasteiger partial charge on any atom is -0.382 e. The monoisotopic (exact) mass is 174 g/mol. The minimum absolute atomic E-state index is 0.340. The number of hydrogen-bond acceptors (Lipinski definition) is 3. The fourth-order valence-corrected chi connectivity index (χ4v) is 1.06. The third-order valence-electron chi connectivity index (χ3n) is 1.09. The molecule has 1 aromatic heterocycles. The number of nitrogens with zero attached hydrogens (tertiary/aromatic N) is 1. The maximum absolute atomic E-state index is 5.69. The molecular weight excluding hydrogens is 168 g/mol. The molecule has 0 saturated carbocycles. The van der Waals surface area contributed by atoms with E-state index in [4.69, 9.17) is 17.3 Å². The third kappa shape index (κ3) is 1.36. The first-order valence-corrected chi connectivity index (χ1v) is 3.55. The molecule has 0 bridgehead atoms. The summed E-state index contributed by atoms with van der Waals surface area (Å²) in [6.07, 6.45) is 0. The van der Waals surface area contributed by atoms with Gasteiger partial charge in [-0.2, -0.15) is 0 Å². The molecule has 54 valence electrons. The van der Waals surface area contributed by atoms with Crippen LogP contribution in [0.5, 0.6) is 0 Å². The van der Waals surface area contributed by atoms with Crippen molar-refractivity contribution in [1.82, 2.24) is 4.98 Å². The molecular formula is C6H7ClN2S. The van der Waals surface area contributed by atoms with Gasteiger partial charge >= 0.3 is 0 Å². The largest absolute Gasteiger partial charge is 0.382 e. The van der Waals surface area contributed by atoms with Crippen LogP contribution < -0.4 is 5.73 Å². The summed E-state index contributed by atoms with van der Waals surface area (Å²) in [5, 5.41) is 0.425. The van der Waals surface area contributed by atoms with Crippen molar-refractivity contribution >= 4 is 30.0 Å². The van der Waals surface area contributed by atoms with Gasteiger partial charge in [-0.1, -0.05) is 11.6 Å². The second kappa shape index (κ2) is 2.68. The highest BCUT2D eigenvalue weighted by molar-refractivity contribution is 7.80. The molecule has 0 spiro atoms. The number of aromatic nitrogens is 1. The van der Waals surface area contributed by atoms with Gasteiger partial charge in [0.2, 0.25) is 0 Å².